The zero-order chi connectivity index (χ0) is 25.1. The Morgan fingerprint density at radius 1 is 1.22 bits per heavy atom. The van der Waals surface area contributed by atoms with Crippen molar-refractivity contribution in [1.82, 2.24) is 30.1 Å². The summed E-state index contributed by atoms with van der Waals surface area (Å²) in [6, 6.07) is 3.74. The number of ether oxygens (including phenoxy) is 1. The Morgan fingerprint density at radius 2 is 2.06 bits per heavy atom. The maximum absolute atomic E-state index is 11.4. The standard InChI is InChI=1S/C25H33N7O4/c1-15-21(35-18-8-4-7-17(13-18)24(33)34)11-10-19(27-15)23-20(32(2)31-29-23)14-26-25-28-22(36-30-25)12-9-16-5-3-6-16/h10-11,16-18H,3-9,12-14H2,1-2H3,(H,26,30)(H,33,34)/t17-,18-/m0/s1. The Bertz CT molecular complexity index is 1200. The van der Waals surface area contributed by atoms with E-state index in [0.29, 0.717) is 48.4 Å². The van der Waals surface area contributed by atoms with Crippen LogP contribution in [-0.2, 0) is 24.8 Å². The average Bonchev–Trinajstić information content (AvgIpc) is 3.44. The Morgan fingerprint density at radius 3 is 2.81 bits per heavy atom. The number of hydrogen-bond donors (Lipinski definition) is 2. The number of aliphatic carboxylic acids is 1. The molecule has 2 aliphatic rings. The number of aromatic nitrogens is 6. The zero-order valence-electron chi connectivity index (χ0n) is 20.8. The fourth-order valence-electron chi connectivity index (χ4n) is 4.93. The van der Waals surface area contributed by atoms with Crippen molar-refractivity contribution in [2.45, 2.75) is 77.4 Å². The van der Waals surface area contributed by atoms with Crippen molar-refractivity contribution >= 4 is 11.9 Å². The molecule has 2 N–H and O–H groups in total. The monoisotopic (exact) mass is 495 g/mol. The number of nitrogens with one attached hydrogen (secondary N) is 1. The number of rotatable bonds is 10. The number of nitrogens with zero attached hydrogens (tertiary/aromatic N) is 6. The van der Waals surface area contributed by atoms with Gasteiger partial charge in [0, 0.05) is 13.5 Å². The first-order valence-corrected chi connectivity index (χ1v) is 12.8. The van der Waals surface area contributed by atoms with Crippen molar-refractivity contribution in [2.75, 3.05) is 5.32 Å². The first kappa shape index (κ1) is 24.2. The van der Waals surface area contributed by atoms with Crippen molar-refractivity contribution in [1.29, 1.82) is 0 Å². The van der Waals surface area contributed by atoms with Crippen molar-refractivity contribution in [3.8, 4) is 17.1 Å². The third kappa shape index (κ3) is 5.50. The van der Waals surface area contributed by atoms with Gasteiger partial charge in [-0.3, -0.25) is 4.79 Å². The van der Waals surface area contributed by atoms with Crippen molar-refractivity contribution in [2.24, 2.45) is 18.9 Å². The Labute approximate surface area is 209 Å². The molecule has 0 unspecified atom stereocenters. The van der Waals surface area contributed by atoms with E-state index >= 15 is 0 Å². The number of hydrogen-bond acceptors (Lipinski definition) is 9. The van der Waals surface area contributed by atoms with Gasteiger partial charge in [-0.25, -0.2) is 9.67 Å². The molecule has 0 spiro atoms. The highest BCUT2D eigenvalue weighted by Gasteiger charge is 2.28. The topological polar surface area (TPSA) is 141 Å². The maximum atomic E-state index is 11.4. The molecule has 0 aliphatic heterocycles. The Hall–Kier alpha value is -3.50. The summed E-state index contributed by atoms with van der Waals surface area (Å²) < 4.78 is 13.2. The number of carboxylic acids is 1. The lowest BCUT2D eigenvalue weighted by atomic mass is 9.82. The molecule has 3 heterocycles. The summed E-state index contributed by atoms with van der Waals surface area (Å²) in [5, 5.41) is 25.1. The quantitative estimate of drug-likeness (QED) is 0.425. The van der Waals surface area contributed by atoms with Crippen LogP contribution in [0.1, 0.15) is 68.6 Å². The number of carboxylic acid groups (broad SMARTS) is 1. The number of pyridine rings is 1. The minimum atomic E-state index is -0.747. The summed E-state index contributed by atoms with van der Waals surface area (Å²) in [6.45, 7) is 2.30. The van der Waals surface area contributed by atoms with Crippen molar-refractivity contribution < 1.29 is 19.2 Å². The number of carbonyl (C=O) groups is 1. The van der Waals surface area contributed by atoms with E-state index in [1.165, 1.54) is 19.3 Å². The lowest BCUT2D eigenvalue weighted by Crippen LogP contribution is -2.29. The van der Waals surface area contributed by atoms with Crippen LogP contribution < -0.4 is 10.1 Å². The molecule has 11 nitrogen and oxygen atoms in total. The first-order valence-electron chi connectivity index (χ1n) is 12.8. The van der Waals surface area contributed by atoms with E-state index in [1.807, 2.05) is 26.1 Å². The van der Waals surface area contributed by atoms with Crippen molar-refractivity contribution in [3.05, 3.63) is 29.4 Å². The fourth-order valence-corrected chi connectivity index (χ4v) is 4.93. The van der Waals surface area contributed by atoms with Crippen LogP contribution in [0.4, 0.5) is 5.95 Å². The highest BCUT2D eigenvalue weighted by molar-refractivity contribution is 5.70. The highest BCUT2D eigenvalue weighted by Crippen LogP contribution is 2.31. The second kappa shape index (κ2) is 10.6. The van der Waals surface area contributed by atoms with Gasteiger partial charge in [0.2, 0.25) is 5.89 Å². The minimum Gasteiger partial charge on any atom is -0.489 e. The van der Waals surface area contributed by atoms with Gasteiger partial charge < -0.3 is 19.7 Å². The molecule has 36 heavy (non-hydrogen) atoms. The molecule has 0 radical (unpaired) electrons. The van der Waals surface area contributed by atoms with E-state index < -0.39 is 5.97 Å². The molecule has 5 rings (SSSR count). The molecular formula is C25H33N7O4. The van der Waals surface area contributed by atoms with Gasteiger partial charge in [-0.05, 0) is 62.2 Å². The summed E-state index contributed by atoms with van der Waals surface area (Å²) in [5.74, 6) is 1.49. The normalized spacial score (nSPS) is 20.2. The van der Waals surface area contributed by atoms with Crippen molar-refractivity contribution in [3.63, 3.8) is 0 Å². The van der Waals surface area contributed by atoms with E-state index in [2.05, 4.69) is 25.8 Å². The van der Waals surface area contributed by atoms with Crippen LogP contribution in [0.3, 0.4) is 0 Å². The van der Waals surface area contributed by atoms with Gasteiger partial charge in [-0.1, -0.05) is 24.5 Å². The summed E-state index contributed by atoms with van der Waals surface area (Å²) in [5.41, 5.74) is 2.92. The van der Waals surface area contributed by atoms with E-state index in [4.69, 9.17) is 14.2 Å². The zero-order valence-corrected chi connectivity index (χ0v) is 20.8. The molecule has 0 saturated heterocycles. The SMILES string of the molecule is Cc1nc(-c2nnn(C)c2CNc2noc(CCC3CCC3)n2)ccc1O[C@H]1CCC[C@H](C(=O)O)C1. The molecule has 11 heteroatoms. The maximum Gasteiger partial charge on any atom is 0.306 e. The molecule has 2 atom stereocenters. The van der Waals surface area contributed by atoms with E-state index in [9.17, 15) is 9.90 Å². The predicted molar refractivity (Wildman–Crippen MR) is 130 cm³/mol. The van der Waals surface area contributed by atoms with Gasteiger partial charge in [0.25, 0.3) is 5.95 Å². The van der Waals surface area contributed by atoms with Crippen LogP contribution in [0.2, 0.25) is 0 Å². The summed E-state index contributed by atoms with van der Waals surface area (Å²) in [7, 11) is 1.83. The summed E-state index contributed by atoms with van der Waals surface area (Å²) in [4.78, 5) is 20.5. The lowest BCUT2D eigenvalue weighted by Gasteiger charge is -2.27. The predicted octanol–water partition coefficient (Wildman–Crippen LogP) is 3.94. The van der Waals surface area contributed by atoms with E-state index in [-0.39, 0.29) is 12.0 Å². The number of aryl methyl sites for hydroxylation is 3. The lowest BCUT2D eigenvalue weighted by molar-refractivity contribution is -0.143. The van der Waals surface area contributed by atoms with Crippen LogP contribution >= 0.6 is 0 Å². The van der Waals surface area contributed by atoms with E-state index in [0.717, 1.165) is 43.0 Å². The van der Waals surface area contributed by atoms with Gasteiger partial charge in [0.1, 0.15) is 11.4 Å². The second-order valence-electron chi connectivity index (χ2n) is 9.93. The highest BCUT2D eigenvalue weighted by atomic mass is 16.5. The molecule has 0 bridgehead atoms. The Balaban J connectivity index is 1.22. The Kier molecular flexibility index (Phi) is 7.15. The first-order chi connectivity index (χ1) is 17.5. The molecule has 2 saturated carbocycles. The van der Waals surface area contributed by atoms with Crippen LogP contribution in [0.15, 0.2) is 16.7 Å². The van der Waals surface area contributed by atoms with Gasteiger partial charge in [-0.2, -0.15) is 4.98 Å². The molecule has 192 valence electrons. The third-order valence-corrected chi connectivity index (χ3v) is 7.37. The average molecular weight is 496 g/mol. The third-order valence-electron chi connectivity index (χ3n) is 7.37. The summed E-state index contributed by atoms with van der Waals surface area (Å²) in [6.07, 6.45) is 8.68. The molecule has 2 fully saturated rings. The molecule has 2 aliphatic carbocycles. The number of anilines is 1. The second-order valence-corrected chi connectivity index (χ2v) is 9.93. The van der Waals surface area contributed by atoms with Gasteiger partial charge in [0.15, 0.2) is 0 Å². The van der Waals surface area contributed by atoms with Crippen LogP contribution in [-0.4, -0.2) is 47.3 Å². The molecular weight excluding hydrogens is 462 g/mol. The van der Waals surface area contributed by atoms with Gasteiger partial charge in [-0.15, -0.1) is 5.10 Å². The van der Waals surface area contributed by atoms with Crippen LogP contribution in [0, 0.1) is 18.8 Å². The molecule has 3 aromatic rings. The van der Waals surface area contributed by atoms with Crippen LogP contribution in [0.25, 0.3) is 11.4 Å². The largest absolute Gasteiger partial charge is 0.489 e. The minimum absolute atomic E-state index is 0.115. The van der Waals surface area contributed by atoms with Gasteiger partial charge in [0.05, 0.1) is 35.6 Å². The molecule has 0 amide bonds. The molecule has 0 aromatic carbocycles. The molecule has 3 aromatic heterocycles. The van der Waals surface area contributed by atoms with Gasteiger partial charge >= 0.3 is 5.97 Å². The fraction of sp³-hybridized carbons (Fsp3) is 0.600. The summed E-state index contributed by atoms with van der Waals surface area (Å²) >= 11 is 0. The smallest absolute Gasteiger partial charge is 0.306 e. The van der Waals surface area contributed by atoms with E-state index in [1.54, 1.807) is 4.68 Å². The van der Waals surface area contributed by atoms with Crippen LogP contribution in [0.5, 0.6) is 5.75 Å².